The molecule has 600 valence electrons. The molecule has 0 saturated carbocycles. The van der Waals surface area contributed by atoms with E-state index in [2.05, 4.69) is 41.5 Å². The maximum absolute atomic E-state index is 13.1. The minimum atomic E-state index is -4.96. The van der Waals surface area contributed by atoms with Crippen LogP contribution in [0.25, 0.3) is 0 Å². The van der Waals surface area contributed by atoms with Crippen molar-refractivity contribution in [1.29, 1.82) is 0 Å². The first-order valence-corrected chi connectivity index (χ1v) is 45.5. The molecule has 101 heavy (non-hydrogen) atoms. The predicted octanol–water partition coefficient (Wildman–Crippen LogP) is 24.7. The predicted molar refractivity (Wildman–Crippen MR) is 414 cm³/mol. The molecule has 0 spiro atoms. The topological polar surface area (TPSA) is 237 Å². The molecular formula is C82H160O17P2. The van der Waals surface area contributed by atoms with E-state index in [1.807, 2.05) is 0 Å². The van der Waals surface area contributed by atoms with E-state index in [-0.39, 0.29) is 25.7 Å². The van der Waals surface area contributed by atoms with Gasteiger partial charge in [-0.1, -0.05) is 382 Å². The smallest absolute Gasteiger partial charge is 0.462 e. The average molecular weight is 1480 g/mol. The highest BCUT2D eigenvalue weighted by molar-refractivity contribution is 7.47. The lowest BCUT2D eigenvalue weighted by Crippen LogP contribution is -2.30. The van der Waals surface area contributed by atoms with Crippen molar-refractivity contribution in [3.05, 3.63) is 0 Å². The van der Waals surface area contributed by atoms with E-state index >= 15 is 0 Å². The highest BCUT2D eigenvalue weighted by Crippen LogP contribution is 2.45. The SMILES string of the molecule is CCCCCCCCCCCCCCCCCCCCCC(=O)OC[C@H](COP(=O)(O)OC[C@@H](O)COP(=O)(O)OC[C@@H](COC(=O)CCCCCCCCCC(C)C)OC(=O)CCCCCCCCCCCCC)OC(=O)CCCCCCCCCCCCCCCCCCCCC(C)C. The van der Waals surface area contributed by atoms with Crippen LogP contribution >= 0.6 is 15.6 Å². The fraction of sp³-hybridized carbons (Fsp3) is 0.951. The summed E-state index contributed by atoms with van der Waals surface area (Å²) in [5.74, 6) is -0.583. The van der Waals surface area contributed by atoms with Crippen LogP contribution in [0.15, 0.2) is 0 Å². The van der Waals surface area contributed by atoms with Gasteiger partial charge in [0.05, 0.1) is 26.4 Å². The normalized spacial score (nSPS) is 13.9. The largest absolute Gasteiger partial charge is 0.472 e. The van der Waals surface area contributed by atoms with Crippen molar-refractivity contribution in [1.82, 2.24) is 0 Å². The third-order valence-corrected chi connectivity index (χ3v) is 21.1. The van der Waals surface area contributed by atoms with Gasteiger partial charge in [-0.15, -0.1) is 0 Å². The maximum Gasteiger partial charge on any atom is 0.472 e. The molecule has 0 aliphatic carbocycles. The molecule has 0 amide bonds. The van der Waals surface area contributed by atoms with E-state index < -0.39 is 97.5 Å². The molecule has 0 fully saturated rings. The zero-order valence-corrected chi connectivity index (χ0v) is 68.0. The van der Waals surface area contributed by atoms with Crippen LogP contribution in [-0.4, -0.2) is 96.7 Å². The maximum atomic E-state index is 13.1. The molecule has 19 heteroatoms. The highest BCUT2D eigenvalue weighted by Gasteiger charge is 2.30. The molecule has 0 heterocycles. The van der Waals surface area contributed by atoms with E-state index in [4.69, 9.17) is 37.0 Å². The number of rotatable bonds is 81. The molecule has 0 aromatic rings. The Morgan fingerprint density at radius 1 is 0.267 bits per heavy atom. The molecule has 3 N–H and O–H groups in total. The van der Waals surface area contributed by atoms with Crippen molar-refractivity contribution in [2.45, 2.75) is 452 Å². The highest BCUT2D eigenvalue weighted by atomic mass is 31.2. The number of carbonyl (C=O) groups is 4. The first-order valence-electron chi connectivity index (χ1n) is 42.5. The van der Waals surface area contributed by atoms with Crippen molar-refractivity contribution in [2.24, 2.45) is 11.8 Å². The monoisotopic (exact) mass is 1480 g/mol. The molecule has 0 saturated heterocycles. The number of hydrogen-bond donors (Lipinski definition) is 3. The van der Waals surface area contributed by atoms with Crippen LogP contribution in [-0.2, 0) is 65.4 Å². The van der Waals surface area contributed by atoms with Crippen LogP contribution < -0.4 is 0 Å². The van der Waals surface area contributed by atoms with E-state index in [0.717, 1.165) is 102 Å². The number of esters is 4. The lowest BCUT2D eigenvalue weighted by Gasteiger charge is -2.21. The Labute approximate surface area is 619 Å². The number of aliphatic hydroxyl groups excluding tert-OH is 1. The van der Waals surface area contributed by atoms with Crippen LogP contribution in [0.3, 0.4) is 0 Å². The molecule has 0 rings (SSSR count). The second kappa shape index (κ2) is 73.6. The summed E-state index contributed by atoms with van der Waals surface area (Å²) < 4.78 is 68.7. The fourth-order valence-electron chi connectivity index (χ4n) is 12.7. The number of phosphoric acid groups is 2. The summed E-state index contributed by atoms with van der Waals surface area (Å²) >= 11 is 0. The van der Waals surface area contributed by atoms with Gasteiger partial charge in [0.25, 0.3) is 0 Å². The van der Waals surface area contributed by atoms with Crippen molar-refractivity contribution in [3.8, 4) is 0 Å². The summed E-state index contributed by atoms with van der Waals surface area (Å²) in [5.41, 5.74) is 0. The molecule has 0 radical (unpaired) electrons. The summed E-state index contributed by atoms with van der Waals surface area (Å²) in [5, 5.41) is 10.6. The van der Waals surface area contributed by atoms with Gasteiger partial charge in [0.15, 0.2) is 12.2 Å². The summed E-state index contributed by atoms with van der Waals surface area (Å²) in [6, 6.07) is 0. The van der Waals surface area contributed by atoms with E-state index in [1.54, 1.807) is 0 Å². The average Bonchev–Trinajstić information content (AvgIpc) is 0.936. The molecule has 0 aromatic carbocycles. The van der Waals surface area contributed by atoms with Crippen LogP contribution in [0.1, 0.15) is 433 Å². The van der Waals surface area contributed by atoms with Crippen molar-refractivity contribution in [3.63, 3.8) is 0 Å². The van der Waals surface area contributed by atoms with Gasteiger partial charge in [0, 0.05) is 25.7 Å². The standard InChI is InChI=1S/C82H160O17P2/c1-7-9-11-13-15-17-19-20-21-22-23-27-30-33-37-40-46-52-58-64-79(84)92-70-77(98-82(87)67-61-55-48-42-38-34-31-28-25-24-26-29-32-36-39-44-50-56-62-74(3)4)72-96-100(88,89)94-68-76(83)69-95-101(90,91)97-73-78(71-93-80(85)65-59-53-49-43-45-51-57-63-75(5)6)99-81(86)66-60-54-47-41-35-18-16-14-12-10-8-2/h74-78,83H,7-73H2,1-6H3,(H,88,89)(H,90,91)/t76-,77-,78-/m1/s1. The molecule has 5 atom stereocenters. The third-order valence-electron chi connectivity index (χ3n) is 19.2. The van der Waals surface area contributed by atoms with E-state index in [1.165, 1.54) is 244 Å². The van der Waals surface area contributed by atoms with Gasteiger partial charge in [0.1, 0.15) is 19.3 Å². The van der Waals surface area contributed by atoms with Crippen LogP contribution in [0.4, 0.5) is 0 Å². The summed E-state index contributed by atoms with van der Waals surface area (Å²) in [6.07, 6.45) is 64.0. The quantitative estimate of drug-likeness (QED) is 0.0222. The summed E-state index contributed by atoms with van der Waals surface area (Å²) in [4.78, 5) is 73.0. The second-order valence-electron chi connectivity index (χ2n) is 30.5. The van der Waals surface area contributed by atoms with E-state index in [0.29, 0.717) is 31.6 Å². The van der Waals surface area contributed by atoms with Crippen molar-refractivity contribution in [2.75, 3.05) is 39.6 Å². The Morgan fingerprint density at radius 3 is 0.673 bits per heavy atom. The first kappa shape index (κ1) is 99.1. The van der Waals surface area contributed by atoms with Gasteiger partial charge < -0.3 is 33.8 Å². The third kappa shape index (κ3) is 76.1. The van der Waals surface area contributed by atoms with Crippen LogP contribution in [0.5, 0.6) is 0 Å². The van der Waals surface area contributed by atoms with Gasteiger partial charge in [-0.25, -0.2) is 9.13 Å². The Morgan fingerprint density at radius 2 is 0.455 bits per heavy atom. The zero-order valence-electron chi connectivity index (χ0n) is 66.2. The van der Waals surface area contributed by atoms with Crippen LogP contribution in [0.2, 0.25) is 0 Å². The number of carbonyl (C=O) groups excluding carboxylic acids is 4. The number of hydrogen-bond acceptors (Lipinski definition) is 15. The van der Waals surface area contributed by atoms with Crippen molar-refractivity contribution < 1.29 is 80.2 Å². The Hall–Kier alpha value is -1.94. The Bertz CT molecular complexity index is 1940. The lowest BCUT2D eigenvalue weighted by molar-refractivity contribution is -0.161. The Balaban J connectivity index is 5.20. The molecule has 17 nitrogen and oxygen atoms in total. The number of phosphoric ester groups is 2. The molecule has 0 aromatic heterocycles. The number of ether oxygens (including phenoxy) is 4. The van der Waals surface area contributed by atoms with Gasteiger partial charge in [-0.3, -0.25) is 37.3 Å². The number of unbranched alkanes of at least 4 members (excludes halogenated alkanes) is 51. The summed E-state index contributed by atoms with van der Waals surface area (Å²) in [7, 11) is -9.92. The van der Waals surface area contributed by atoms with Crippen LogP contribution in [0, 0.1) is 11.8 Å². The summed E-state index contributed by atoms with van der Waals surface area (Å²) in [6.45, 7) is 9.61. The molecule has 2 unspecified atom stereocenters. The van der Waals surface area contributed by atoms with Crippen molar-refractivity contribution >= 4 is 39.5 Å². The zero-order chi connectivity index (χ0) is 74.2. The minimum absolute atomic E-state index is 0.106. The van der Waals surface area contributed by atoms with Gasteiger partial charge >= 0.3 is 39.5 Å². The van der Waals surface area contributed by atoms with Gasteiger partial charge in [-0.05, 0) is 37.5 Å². The lowest BCUT2D eigenvalue weighted by atomic mass is 10.0. The number of aliphatic hydroxyl groups is 1. The Kier molecular flexibility index (Phi) is 72.2. The first-order chi connectivity index (χ1) is 48.9. The molecule has 0 bridgehead atoms. The fourth-order valence-corrected chi connectivity index (χ4v) is 14.3. The molecule has 0 aliphatic heterocycles. The minimum Gasteiger partial charge on any atom is -0.462 e. The van der Waals surface area contributed by atoms with E-state index in [9.17, 15) is 43.2 Å². The molecule has 0 aliphatic rings. The van der Waals surface area contributed by atoms with Gasteiger partial charge in [-0.2, -0.15) is 0 Å². The molecular weight excluding hydrogens is 1320 g/mol. The second-order valence-corrected chi connectivity index (χ2v) is 33.4. The van der Waals surface area contributed by atoms with Gasteiger partial charge in [0.2, 0.25) is 0 Å².